The minimum Gasteiger partial charge on any atom is -0.454 e. The summed E-state index contributed by atoms with van der Waals surface area (Å²) in [7, 11) is 0. The van der Waals surface area contributed by atoms with Crippen LogP contribution in [0.3, 0.4) is 0 Å². The van der Waals surface area contributed by atoms with Crippen LogP contribution < -0.4 is 9.47 Å². The van der Waals surface area contributed by atoms with Crippen LogP contribution >= 0.6 is 12.6 Å². The van der Waals surface area contributed by atoms with Crippen LogP contribution in [0.2, 0.25) is 0 Å². The van der Waals surface area contributed by atoms with E-state index in [1.807, 2.05) is 30.3 Å². The zero-order valence-corrected chi connectivity index (χ0v) is 14.3. The number of carbonyl (C=O) groups is 1. The lowest BCUT2D eigenvalue weighted by Gasteiger charge is -2.35. The molecule has 3 aromatic rings. The molecule has 0 saturated carbocycles. The second-order valence-electron chi connectivity index (χ2n) is 6.30. The molecule has 0 radical (unpaired) electrons. The summed E-state index contributed by atoms with van der Waals surface area (Å²) in [4.78, 5) is 17.5. The number of amides is 1. The lowest BCUT2D eigenvalue weighted by molar-refractivity contribution is 0.173. The Morgan fingerprint density at radius 1 is 1.16 bits per heavy atom. The number of nitrogens with one attached hydrogen (secondary N) is 1. The Bertz CT molecular complexity index is 997. The van der Waals surface area contributed by atoms with Crippen molar-refractivity contribution in [2.45, 2.75) is 12.5 Å². The van der Waals surface area contributed by atoms with Gasteiger partial charge in [-0.15, -0.1) is 0 Å². The van der Waals surface area contributed by atoms with Crippen molar-refractivity contribution in [2.75, 3.05) is 13.3 Å². The summed E-state index contributed by atoms with van der Waals surface area (Å²) < 4.78 is 10.9. The average molecular weight is 352 g/mol. The summed E-state index contributed by atoms with van der Waals surface area (Å²) in [6, 6.07) is 13.9. The average Bonchev–Trinajstić information content (AvgIpc) is 3.24. The highest BCUT2D eigenvalue weighted by molar-refractivity contribution is 7.96. The van der Waals surface area contributed by atoms with Crippen molar-refractivity contribution in [1.29, 1.82) is 0 Å². The third-order valence-corrected chi connectivity index (χ3v) is 5.25. The maximum absolute atomic E-state index is 12.2. The molecule has 5 rings (SSSR count). The van der Waals surface area contributed by atoms with Gasteiger partial charge in [-0.3, -0.25) is 4.79 Å². The molecule has 2 aliphatic rings. The fourth-order valence-corrected chi connectivity index (χ4v) is 4.09. The fraction of sp³-hybridized carbons (Fsp3) is 0.211. The van der Waals surface area contributed by atoms with E-state index in [2.05, 4.69) is 29.7 Å². The third-order valence-electron chi connectivity index (χ3n) is 4.99. The van der Waals surface area contributed by atoms with Gasteiger partial charge in [0, 0.05) is 23.1 Å². The van der Waals surface area contributed by atoms with Crippen LogP contribution in [0.25, 0.3) is 10.9 Å². The number of H-pyrrole nitrogens is 1. The number of hydrogen-bond donors (Lipinski definition) is 2. The minimum absolute atomic E-state index is 0.212. The van der Waals surface area contributed by atoms with Crippen molar-refractivity contribution in [3.63, 3.8) is 0 Å². The van der Waals surface area contributed by atoms with Crippen molar-refractivity contribution < 1.29 is 14.3 Å². The molecular weight excluding hydrogens is 336 g/mol. The van der Waals surface area contributed by atoms with Gasteiger partial charge in [0.1, 0.15) is 0 Å². The number of ether oxygens (including phenoxy) is 2. The van der Waals surface area contributed by atoms with Gasteiger partial charge >= 0.3 is 0 Å². The van der Waals surface area contributed by atoms with Gasteiger partial charge < -0.3 is 19.4 Å². The zero-order valence-electron chi connectivity index (χ0n) is 13.4. The first-order valence-electron chi connectivity index (χ1n) is 8.21. The molecule has 126 valence electrons. The van der Waals surface area contributed by atoms with E-state index < -0.39 is 0 Å². The number of rotatable bonds is 1. The first-order valence-corrected chi connectivity index (χ1v) is 8.65. The van der Waals surface area contributed by atoms with Crippen molar-refractivity contribution in [2.24, 2.45) is 0 Å². The first kappa shape index (κ1) is 14.7. The van der Waals surface area contributed by atoms with E-state index in [0.29, 0.717) is 12.3 Å². The number of para-hydroxylation sites is 1. The molecule has 0 saturated heterocycles. The normalized spacial score (nSPS) is 18.4. The Labute approximate surface area is 149 Å². The highest BCUT2D eigenvalue weighted by atomic mass is 32.1. The van der Waals surface area contributed by atoms with E-state index in [1.165, 1.54) is 10.9 Å². The van der Waals surface area contributed by atoms with Crippen LogP contribution in [-0.4, -0.2) is 28.5 Å². The molecule has 1 N–H and O–H groups in total. The second kappa shape index (κ2) is 5.46. The fourth-order valence-electron chi connectivity index (χ4n) is 3.88. The maximum atomic E-state index is 12.2. The van der Waals surface area contributed by atoms with E-state index in [1.54, 1.807) is 4.90 Å². The minimum atomic E-state index is -0.230. The number of fused-ring (bicyclic) bond motifs is 4. The van der Waals surface area contributed by atoms with Gasteiger partial charge in [-0.2, -0.15) is 0 Å². The predicted octanol–water partition coefficient (Wildman–Crippen LogP) is 3.89. The molecule has 0 spiro atoms. The van der Waals surface area contributed by atoms with Crippen LogP contribution in [0.4, 0.5) is 4.79 Å². The monoisotopic (exact) mass is 352 g/mol. The van der Waals surface area contributed by atoms with E-state index >= 15 is 0 Å². The van der Waals surface area contributed by atoms with Gasteiger partial charge in [0.25, 0.3) is 5.24 Å². The van der Waals surface area contributed by atoms with Crippen LogP contribution in [-0.2, 0) is 6.42 Å². The van der Waals surface area contributed by atoms with Gasteiger partial charge in [-0.05, 0) is 35.7 Å². The topological polar surface area (TPSA) is 54.6 Å². The molecular formula is C19H16N2O3S. The Kier molecular flexibility index (Phi) is 3.21. The Hall–Kier alpha value is -2.60. The second-order valence-corrected chi connectivity index (χ2v) is 6.69. The summed E-state index contributed by atoms with van der Waals surface area (Å²) in [6.07, 6.45) is 0.812. The molecule has 0 fully saturated rings. The molecule has 2 aliphatic heterocycles. The largest absolute Gasteiger partial charge is 0.454 e. The van der Waals surface area contributed by atoms with Gasteiger partial charge in [-0.1, -0.05) is 36.9 Å². The molecule has 0 bridgehead atoms. The van der Waals surface area contributed by atoms with Crippen LogP contribution in [0.15, 0.2) is 42.5 Å². The summed E-state index contributed by atoms with van der Waals surface area (Å²) >= 11 is 4.10. The number of carbonyl (C=O) groups excluding carboxylic acids is 1. The van der Waals surface area contributed by atoms with Gasteiger partial charge in [-0.25, -0.2) is 0 Å². The van der Waals surface area contributed by atoms with Gasteiger partial charge in [0.2, 0.25) is 6.79 Å². The van der Waals surface area contributed by atoms with Gasteiger partial charge in [0.05, 0.1) is 6.04 Å². The first-order chi connectivity index (χ1) is 12.2. The quantitative estimate of drug-likeness (QED) is 0.653. The van der Waals surface area contributed by atoms with E-state index in [-0.39, 0.29) is 18.1 Å². The predicted molar refractivity (Wildman–Crippen MR) is 97.5 cm³/mol. The van der Waals surface area contributed by atoms with Crippen LogP contribution in [0, 0.1) is 0 Å². The summed E-state index contributed by atoms with van der Waals surface area (Å²) in [5, 5.41) is 0.987. The van der Waals surface area contributed by atoms with Crippen molar-refractivity contribution in [1.82, 2.24) is 9.88 Å². The number of benzene rings is 2. The number of hydrogen-bond acceptors (Lipinski definition) is 3. The summed E-state index contributed by atoms with van der Waals surface area (Å²) in [6.45, 7) is 0.868. The highest BCUT2D eigenvalue weighted by Gasteiger charge is 2.34. The molecule has 6 heteroatoms. The smallest absolute Gasteiger partial charge is 0.279 e. The van der Waals surface area contributed by atoms with E-state index in [9.17, 15) is 4.79 Å². The Morgan fingerprint density at radius 2 is 2.00 bits per heavy atom. The molecule has 5 nitrogen and oxygen atoms in total. The SMILES string of the molecule is O=C(S)N1CCc2c([nH]c3ccccc23)[C@H]1c1ccc2c(c1)OCO2. The summed E-state index contributed by atoms with van der Waals surface area (Å²) in [5.74, 6) is 1.45. The standard InChI is InChI=1S/C19H16N2O3S/c22-19(25)21-8-7-13-12-3-1-2-4-14(12)20-17(13)18(21)11-5-6-15-16(9-11)24-10-23-15/h1-6,9,18,20H,7-8,10H2,(H,22,25)/t18-/m1/s1. The molecule has 0 aliphatic carbocycles. The third kappa shape index (κ3) is 2.21. The molecule has 1 aromatic heterocycles. The molecule has 25 heavy (non-hydrogen) atoms. The maximum Gasteiger partial charge on any atom is 0.279 e. The highest BCUT2D eigenvalue weighted by Crippen LogP contribution is 2.42. The Balaban J connectivity index is 1.71. The zero-order chi connectivity index (χ0) is 17.0. The number of aromatic nitrogens is 1. The number of thiol groups is 1. The summed E-state index contributed by atoms with van der Waals surface area (Å²) in [5.41, 5.74) is 4.39. The number of aromatic amines is 1. The lowest BCUT2D eigenvalue weighted by atomic mass is 9.92. The molecule has 3 heterocycles. The van der Waals surface area contributed by atoms with Crippen molar-refractivity contribution in [3.05, 3.63) is 59.3 Å². The Morgan fingerprint density at radius 3 is 2.88 bits per heavy atom. The number of nitrogens with zero attached hydrogens (tertiary/aromatic N) is 1. The van der Waals surface area contributed by atoms with Gasteiger partial charge in [0.15, 0.2) is 11.5 Å². The molecule has 2 aromatic carbocycles. The molecule has 0 unspecified atom stereocenters. The van der Waals surface area contributed by atoms with Crippen LogP contribution in [0.1, 0.15) is 22.9 Å². The molecule has 1 atom stereocenters. The van der Waals surface area contributed by atoms with E-state index in [4.69, 9.17) is 9.47 Å². The van der Waals surface area contributed by atoms with Crippen LogP contribution in [0.5, 0.6) is 11.5 Å². The lowest BCUT2D eigenvalue weighted by Crippen LogP contribution is -2.37. The van der Waals surface area contributed by atoms with Crippen molar-refractivity contribution >= 4 is 28.8 Å². The molecule has 1 amide bonds. The van der Waals surface area contributed by atoms with E-state index in [0.717, 1.165) is 28.9 Å². The van der Waals surface area contributed by atoms with Crippen molar-refractivity contribution in [3.8, 4) is 11.5 Å².